The van der Waals surface area contributed by atoms with Crippen molar-refractivity contribution in [1.29, 1.82) is 0 Å². The monoisotopic (exact) mass is 1030 g/mol. The van der Waals surface area contributed by atoms with E-state index in [1.807, 2.05) is 0 Å². The lowest BCUT2D eigenvalue weighted by molar-refractivity contribution is -0.161. The number of aliphatic hydroxyl groups is 1. The van der Waals surface area contributed by atoms with Gasteiger partial charge in [0, 0.05) is 12.8 Å². The fraction of sp³-hybridized carbons (Fsp3) is 0.797. The molecule has 0 rings (SSSR count). The van der Waals surface area contributed by atoms with E-state index >= 15 is 0 Å². The van der Waals surface area contributed by atoms with Crippen LogP contribution in [0.1, 0.15) is 335 Å². The molecule has 0 aromatic carbocycles. The maximum absolute atomic E-state index is 12.3. The minimum absolute atomic E-state index is 0.0645. The number of esters is 2. The number of aliphatic hydroxyl groups excluding tert-OH is 1. The van der Waals surface area contributed by atoms with Gasteiger partial charge < -0.3 is 14.6 Å². The highest BCUT2D eigenvalue weighted by Gasteiger charge is 2.16. The summed E-state index contributed by atoms with van der Waals surface area (Å²) in [4.78, 5) is 24.6. The van der Waals surface area contributed by atoms with Crippen LogP contribution in [-0.2, 0) is 19.1 Å². The highest BCUT2D eigenvalue weighted by Crippen LogP contribution is 2.18. The van der Waals surface area contributed by atoms with E-state index in [0.29, 0.717) is 12.8 Å². The number of hydrogen-bond acceptors (Lipinski definition) is 5. The van der Waals surface area contributed by atoms with Crippen LogP contribution in [0.2, 0.25) is 0 Å². The zero-order chi connectivity index (χ0) is 53.4. The van der Waals surface area contributed by atoms with Gasteiger partial charge >= 0.3 is 11.9 Å². The van der Waals surface area contributed by atoms with Crippen molar-refractivity contribution in [1.82, 2.24) is 0 Å². The van der Waals surface area contributed by atoms with Crippen LogP contribution in [0, 0.1) is 0 Å². The fourth-order valence-corrected chi connectivity index (χ4v) is 9.68. The van der Waals surface area contributed by atoms with Gasteiger partial charge in [0.25, 0.3) is 0 Å². The van der Waals surface area contributed by atoms with E-state index in [-0.39, 0.29) is 25.2 Å². The molecule has 0 aliphatic heterocycles. The van der Waals surface area contributed by atoms with Crippen LogP contribution < -0.4 is 0 Å². The predicted molar refractivity (Wildman–Crippen MR) is 325 cm³/mol. The van der Waals surface area contributed by atoms with Gasteiger partial charge in [0.05, 0.1) is 6.61 Å². The molecule has 0 fully saturated rings. The zero-order valence-corrected chi connectivity index (χ0v) is 49.4. The lowest BCUT2D eigenvalue weighted by Crippen LogP contribution is -2.28. The summed E-state index contributed by atoms with van der Waals surface area (Å²) < 4.78 is 10.7. The average Bonchev–Trinajstić information content (AvgIpc) is 3.40. The van der Waals surface area contributed by atoms with Crippen molar-refractivity contribution < 1.29 is 24.2 Å². The van der Waals surface area contributed by atoms with Crippen LogP contribution in [0.5, 0.6) is 0 Å². The molecule has 1 atom stereocenters. The molecule has 74 heavy (non-hydrogen) atoms. The molecule has 0 aliphatic rings. The van der Waals surface area contributed by atoms with Gasteiger partial charge in [-0.25, -0.2) is 0 Å². The molecule has 1 unspecified atom stereocenters. The SMILES string of the molecule is CC/C=C\C/C=C\C/C=C\C/C=C\C/C=C\C/C=C\CCCCCCCCCCCCCCC(=O)OC(CO)COC(=O)CCCCCCCCCCCCCCCCCCCCCCCCCCCCCCC. The summed E-state index contributed by atoms with van der Waals surface area (Å²) in [5.74, 6) is -0.578. The Morgan fingerprint density at radius 3 is 0.878 bits per heavy atom. The highest BCUT2D eigenvalue weighted by atomic mass is 16.6. The molecule has 0 aliphatic carbocycles. The molecular weight excluding hydrogens is 909 g/mol. The average molecular weight is 1030 g/mol. The first-order chi connectivity index (χ1) is 36.6. The maximum atomic E-state index is 12.3. The van der Waals surface area contributed by atoms with E-state index in [1.165, 1.54) is 231 Å². The van der Waals surface area contributed by atoms with Gasteiger partial charge in [0.2, 0.25) is 0 Å². The number of hydrogen-bond donors (Lipinski definition) is 1. The lowest BCUT2D eigenvalue weighted by atomic mass is 10.0. The van der Waals surface area contributed by atoms with Gasteiger partial charge in [0.1, 0.15) is 6.61 Å². The minimum atomic E-state index is -0.775. The van der Waals surface area contributed by atoms with Gasteiger partial charge in [-0.3, -0.25) is 9.59 Å². The van der Waals surface area contributed by atoms with Crippen molar-refractivity contribution >= 4 is 11.9 Å². The van der Waals surface area contributed by atoms with Crippen LogP contribution in [0.4, 0.5) is 0 Å². The quantitative estimate of drug-likeness (QED) is 0.0373. The third kappa shape index (κ3) is 61.9. The normalized spacial score (nSPS) is 12.6. The number of unbranched alkanes of at least 4 members (excludes halogenated alkanes) is 40. The van der Waals surface area contributed by atoms with Gasteiger partial charge in [-0.15, -0.1) is 0 Å². The summed E-state index contributed by atoms with van der Waals surface area (Å²) in [6, 6.07) is 0. The smallest absolute Gasteiger partial charge is 0.306 e. The van der Waals surface area contributed by atoms with E-state index < -0.39 is 6.10 Å². The molecule has 5 nitrogen and oxygen atoms in total. The summed E-state index contributed by atoms with van der Waals surface area (Å²) in [7, 11) is 0. The molecule has 0 aromatic heterocycles. The Labute approximate surface area is 461 Å². The summed E-state index contributed by atoms with van der Waals surface area (Å²) in [5, 5.41) is 9.69. The summed E-state index contributed by atoms with van der Waals surface area (Å²) >= 11 is 0. The standard InChI is InChI=1S/C69H124O5/c1-3-5-7-9-11-13-15-17-19-21-23-25-27-29-31-33-34-36-38-40-42-44-46-48-50-52-54-56-58-60-62-64-69(72)74-67(65-70)66-73-68(71)63-61-59-57-55-53-51-49-47-45-43-41-39-37-35-32-30-28-26-24-22-20-18-16-14-12-10-8-6-4-2/h5,7,11,13,17,19,23,25,29,31,34,36,67,70H,3-4,6,8-10,12,14-16,18,20-22,24,26-28,30,32-33,35,37-66H2,1-2H3/b7-5-,13-11-,19-17-,25-23-,31-29-,36-34-. The van der Waals surface area contributed by atoms with E-state index in [0.717, 1.165) is 77.0 Å². The van der Waals surface area contributed by atoms with E-state index in [2.05, 4.69) is 86.8 Å². The second kappa shape index (κ2) is 64.6. The number of allylic oxidation sites excluding steroid dienone is 12. The Kier molecular flexibility index (Phi) is 62.3. The molecule has 0 heterocycles. The molecular formula is C69H124O5. The first-order valence-corrected chi connectivity index (χ1v) is 32.5. The fourth-order valence-electron chi connectivity index (χ4n) is 9.68. The largest absolute Gasteiger partial charge is 0.462 e. The Balaban J connectivity index is 3.45. The predicted octanol–water partition coefficient (Wildman–Crippen LogP) is 22.3. The molecule has 0 saturated heterocycles. The number of carbonyl (C=O) groups is 2. The van der Waals surface area contributed by atoms with E-state index in [4.69, 9.17) is 9.47 Å². The van der Waals surface area contributed by atoms with Crippen molar-refractivity contribution in [2.45, 2.75) is 341 Å². The topological polar surface area (TPSA) is 72.8 Å². The second-order valence-corrected chi connectivity index (χ2v) is 21.8. The summed E-state index contributed by atoms with van der Waals surface area (Å²) in [6.45, 7) is 4.07. The third-order valence-electron chi connectivity index (χ3n) is 14.5. The van der Waals surface area contributed by atoms with Crippen molar-refractivity contribution in [2.75, 3.05) is 13.2 Å². The van der Waals surface area contributed by atoms with Crippen LogP contribution in [0.3, 0.4) is 0 Å². The Bertz CT molecular complexity index is 1310. The first kappa shape index (κ1) is 71.3. The highest BCUT2D eigenvalue weighted by molar-refractivity contribution is 5.70. The van der Waals surface area contributed by atoms with Gasteiger partial charge in [-0.1, -0.05) is 331 Å². The third-order valence-corrected chi connectivity index (χ3v) is 14.5. The summed E-state index contributed by atoms with van der Waals surface area (Å²) in [5.41, 5.74) is 0. The van der Waals surface area contributed by atoms with E-state index in [9.17, 15) is 14.7 Å². The van der Waals surface area contributed by atoms with Gasteiger partial charge in [-0.05, 0) is 64.2 Å². The van der Waals surface area contributed by atoms with E-state index in [1.54, 1.807) is 0 Å². The second-order valence-electron chi connectivity index (χ2n) is 21.8. The Morgan fingerprint density at radius 1 is 0.324 bits per heavy atom. The number of carbonyl (C=O) groups excluding carboxylic acids is 2. The zero-order valence-electron chi connectivity index (χ0n) is 49.4. The molecule has 0 saturated carbocycles. The van der Waals surface area contributed by atoms with Crippen LogP contribution in [0.25, 0.3) is 0 Å². The summed E-state index contributed by atoms with van der Waals surface area (Å²) in [6.07, 6.45) is 89.1. The molecule has 0 radical (unpaired) electrons. The molecule has 0 bridgehead atoms. The van der Waals surface area contributed by atoms with Crippen LogP contribution >= 0.6 is 0 Å². The van der Waals surface area contributed by atoms with Crippen molar-refractivity contribution in [3.63, 3.8) is 0 Å². The Morgan fingerprint density at radius 2 is 0.581 bits per heavy atom. The lowest BCUT2D eigenvalue weighted by Gasteiger charge is -2.15. The maximum Gasteiger partial charge on any atom is 0.306 e. The molecule has 0 amide bonds. The van der Waals surface area contributed by atoms with Gasteiger partial charge in [-0.2, -0.15) is 0 Å². The van der Waals surface area contributed by atoms with Crippen LogP contribution in [-0.4, -0.2) is 36.4 Å². The first-order valence-electron chi connectivity index (χ1n) is 32.5. The number of ether oxygens (including phenoxy) is 2. The Hall–Kier alpha value is -2.66. The molecule has 0 spiro atoms. The van der Waals surface area contributed by atoms with Crippen molar-refractivity contribution in [3.8, 4) is 0 Å². The van der Waals surface area contributed by atoms with Crippen LogP contribution in [0.15, 0.2) is 72.9 Å². The molecule has 1 N–H and O–H groups in total. The molecule has 0 aromatic rings. The molecule has 5 heteroatoms. The van der Waals surface area contributed by atoms with Crippen molar-refractivity contribution in [3.05, 3.63) is 72.9 Å². The van der Waals surface area contributed by atoms with Crippen molar-refractivity contribution in [2.24, 2.45) is 0 Å². The minimum Gasteiger partial charge on any atom is -0.462 e. The van der Waals surface area contributed by atoms with Gasteiger partial charge in [0.15, 0.2) is 6.10 Å². The molecule has 430 valence electrons. The number of rotatable bonds is 60.